The van der Waals surface area contributed by atoms with E-state index in [0.29, 0.717) is 28.7 Å². The van der Waals surface area contributed by atoms with E-state index in [0.717, 1.165) is 58.0 Å². The van der Waals surface area contributed by atoms with E-state index in [4.69, 9.17) is 4.74 Å². The Kier molecular flexibility index (Phi) is 4.67. The van der Waals surface area contributed by atoms with E-state index in [-0.39, 0.29) is 5.41 Å². The molecule has 4 heteroatoms. The number of ether oxygens (including phenoxy) is 1. The normalized spacial score (nSPS) is 43.7. The number of nitrogens with one attached hydrogen (secondary N) is 1. The Morgan fingerprint density at radius 1 is 1.08 bits per heavy atom. The molecule has 1 amide bonds. The van der Waals surface area contributed by atoms with Crippen LogP contribution < -0.4 is 5.32 Å². The Balaban J connectivity index is 1.44. The third-order valence-electron chi connectivity index (χ3n) is 7.86. The monoisotopic (exact) mass is 362 g/mol. The summed E-state index contributed by atoms with van der Waals surface area (Å²) >= 11 is 0. The first-order chi connectivity index (χ1) is 12.2. The summed E-state index contributed by atoms with van der Waals surface area (Å²) in [6.45, 7) is 13.8. The highest BCUT2D eigenvalue weighted by Crippen LogP contribution is 2.69. The van der Waals surface area contributed by atoms with Gasteiger partial charge in [0, 0.05) is 25.7 Å². The van der Waals surface area contributed by atoms with Crippen molar-refractivity contribution < 1.29 is 9.53 Å². The summed E-state index contributed by atoms with van der Waals surface area (Å²) in [6.07, 6.45) is 7.38. The smallest absolute Gasteiger partial charge is 0.226 e. The first-order valence-corrected chi connectivity index (χ1v) is 10.8. The van der Waals surface area contributed by atoms with Crippen LogP contribution in [-0.2, 0) is 9.53 Å². The molecule has 4 saturated carbocycles. The molecule has 5 rings (SSSR count). The van der Waals surface area contributed by atoms with Gasteiger partial charge in [-0.15, -0.1) is 0 Å². The molecule has 1 aliphatic heterocycles. The molecule has 1 N–H and O–H groups in total. The van der Waals surface area contributed by atoms with E-state index in [2.05, 4.69) is 37.9 Å². The van der Waals surface area contributed by atoms with Gasteiger partial charge in [-0.25, -0.2) is 0 Å². The zero-order chi connectivity index (χ0) is 18.6. The second-order valence-corrected chi connectivity index (χ2v) is 11.1. The van der Waals surface area contributed by atoms with E-state index in [1.54, 1.807) is 0 Å². The predicted molar refractivity (Wildman–Crippen MR) is 104 cm³/mol. The van der Waals surface area contributed by atoms with Crippen molar-refractivity contribution in [3.63, 3.8) is 0 Å². The van der Waals surface area contributed by atoms with Gasteiger partial charge in [0.15, 0.2) is 0 Å². The summed E-state index contributed by atoms with van der Waals surface area (Å²) in [5.74, 6) is 1.67. The van der Waals surface area contributed by atoms with Crippen molar-refractivity contribution in [1.82, 2.24) is 10.2 Å². The molecule has 0 aromatic heterocycles. The van der Waals surface area contributed by atoms with Gasteiger partial charge in [0.1, 0.15) is 0 Å². The topological polar surface area (TPSA) is 41.6 Å². The fourth-order valence-corrected chi connectivity index (χ4v) is 7.78. The van der Waals surface area contributed by atoms with Crippen molar-refractivity contribution in [3.8, 4) is 0 Å². The number of hydrogen-bond donors (Lipinski definition) is 1. The van der Waals surface area contributed by atoms with Crippen LogP contribution in [0.1, 0.15) is 66.2 Å². The quantitative estimate of drug-likeness (QED) is 0.814. The lowest BCUT2D eigenvalue weighted by Gasteiger charge is -2.64. The molecule has 3 unspecified atom stereocenters. The minimum Gasteiger partial charge on any atom is -0.379 e. The standard InChI is InChI=1S/C22H38N2O2/c1-16(2)18(24-5-7-26-8-6-24)12-23-19(25)22-11-17-9-20(3,14-22)13-21(4,10-17)15-22/h16-18H,5-15H2,1-4H3,(H,23,25). The molecule has 0 radical (unpaired) electrons. The number of morpholine rings is 1. The van der Waals surface area contributed by atoms with Crippen LogP contribution in [0, 0.1) is 28.1 Å². The SMILES string of the molecule is CC(C)C(CNC(=O)C12CC3CC(C)(CC(C)(C3)C1)C2)N1CCOCC1. The Morgan fingerprint density at radius 3 is 2.23 bits per heavy atom. The summed E-state index contributed by atoms with van der Waals surface area (Å²) in [6, 6.07) is 0.419. The second-order valence-electron chi connectivity index (χ2n) is 11.1. The molecule has 5 fully saturated rings. The van der Waals surface area contributed by atoms with Crippen LogP contribution in [0.2, 0.25) is 0 Å². The van der Waals surface area contributed by atoms with Crippen LogP contribution in [0.3, 0.4) is 0 Å². The lowest BCUT2D eigenvalue weighted by molar-refractivity contribution is -0.170. The number of rotatable bonds is 5. The summed E-state index contributed by atoms with van der Waals surface area (Å²) in [5, 5.41) is 3.43. The van der Waals surface area contributed by atoms with Crippen LogP contribution >= 0.6 is 0 Å². The minimum absolute atomic E-state index is 0.0878. The van der Waals surface area contributed by atoms with Gasteiger partial charge >= 0.3 is 0 Å². The average molecular weight is 363 g/mol. The minimum atomic E-state index is -0.0878. The van der Waals surface area contributed by atoms with Crippen molar-refractivity contribution >= 4 is 5.91 Å². The number of amides is 1. The Labute approximate surface area is 159 Å². The number of nitrogens with zero attached hydrogens (tertiary/aromatic N) is 1. The maximum Gasteiger partial charge on any atom is 0.226 e. The second kappa shape index (κ2) is 6.48. The van der Waals surface area contributed by atoms with E-state index >= 15 is 0 Å². The van der Waals surface area contributed by atoms with Gasteiger partial charge in [0.05, 0.1) is 18.6 Å². The Hall–Kier alpha value is -0.610. The summed E-state index contributed by atoms with van der Waals surface area (Å²) in [7, 11) is 0. The number of carbonyl (C=O) groups is 1. The molecule has 4 bridgehead atoms. The van der Waals surface area contributed by atoms with Crippen molar-refractivity contribution in [3.05, 3.63) is 0 Å². The highest BCUT2D eigenvalue weighted by atomic mass is 16.5. The third-order valence-corrected chi connectivity index (χ3v) is 7.86. The van der Waals surface area contributed by atoms with Crippen LogP contribution in [-0.4, -0.2) is 49.7 Å². The molecule has 0 aromatic carbocycles. The molecule has 148 valence electrons. The molecule has 0 aromatic rings. The molecular formula is C22H38N2O2. The molecule has 1 heterocycles. The maximum atomic E-state index is 13.4. The first kappa shape index (κ1) is 18.7. The van der Waals surface area contributed by atoms with Gasteiger partial charge in [-0.1, -0.05) is 27.7 Å². The van der Waals surface area contributed by atoms with Gasteiger partial charge < -0.3 is 10.1 Å². The molecule has 3 atom stereocenters. The molecule has 4 aliphatic carbocycles. The van der Waals surface area contributed by atoms with Gasteiger partial charge in [-0.05, 0) is 61.2 Å². The molecule has 1 saturated heterocycles. The van der Waals surface area contributed by atoms with Crippen molar-refractivity contribution in [2.24, 2.45) is 28.1 Å². The summed E-state index contributed by atoms with van der Waals surface area (Å²) in [5.41, 5.74) is 0.704. The van der Waals surface area contributed by atoms with Crippen molar-refractivity contribution in [2.45, 2.75) is 72.3 Å². The van der Waals surface area contributed by atoms with Gasteiger partial charge in [0.25, 0.3) is 0 Å². The highest BCUT2D eigenvalue weighted by Gasteiger charge is 2.62. The third kappa shape index (κ3) is 3.32. The van der Waals surface area contributed by atoms with Crippen molar-refractivity contribution in [2.75, 3.05) is 32.8 Å². The molecule has 0 spiro atoms. The van der Waals surface area contributed by atoms with E-state index in [1.165, 1.54) is 19.3 Å². The largest absolute Gasteiger partial charge is 0.379 e. The van der Waals surface area contributed by atoms with Crippen LogP contribution in [0.4, 0.5) is 0 Å². The molecule has 26 heavy (non-hydrogen) atoms. The molecule has 4 nitrogen and oxygen atoms in total. The zero-order valence-corrected chi connectivity index (χ0v) is 17.3. The van der Waals surface area contributed by atoms with E-state index in [9.17, 15) is 4.79 Å². The van der Waals surface area contributed by atoms with Crippen LogP contribution in [0.15, 0.2) is 0 Å². The Morgan fingerprint density at radius 2 is 1.69 bits per heavy atom. The summed E-state index contributed by atoms with van der Waals surface area (Å²) in [4.78, 5) is 15.9. The van der Waals surface area contributed by atoms with Gasteiger partial charge in [-0.3, -0.25) is 9.69 Å². The first-order valence-electron chi connectivity index (χ1n) is 10.8. The molecule has 5 aliphatic rings. The van der Waals surface area contributed by atoms with Crippen LogP contribution in [0.25, 0.3) is 0 Å². The number of carbonyl (C=O) groups excluding carboxylic acids is 1. The highest BCUT2D eigenvalue weighted by molar-refractivity contribution is 5.83. The van der Waals surface area contributed by atoms with Gasteiger partial charge in [-0.2, -0.15) is 0 Å². The maximum absolute atomic E-state index is 13.4. The molecular weight excluding hydrogens is 324 g/mol. The van der Waals surface area contributed by atoms with Crippen molar-refractivity contribution in [1.29, 1.82) is 0 Å². The predicted octanol–water partition coefficient (Wildman–Crippen LogP) is 3.46. The van der Waals surface area contributed by atoms with E-state index < -0.39 is 0 Å². The van der Waals surface area contributed by atoms with E-state index in [1.807, 2.05) is 0 Å². The fourth-order valence-electron chi connectivity index (χ4n) is 7.78. The lowest BCUT2D eigenvalue weighted by Crippen LogP contribution is -2.61. The number of hydrogen-bond acceptors (Lipinski definition) is 3. The fraction of sp³-hybridized carbons (Fsp3) is 0.955. The Bertz CT molecular complexity index is 536. The lowest BCUT2D eigenvalue weighted by atomic mass is 9.40. The van der Waals surface area contributed by atoms with Gasteiger partial charge in [0.2, 0.25) is 5.91 Å². The van der Waals surface area contributed by atoms with Crippen LogP contribution in [0.5, 0.6) is 0 Å². The zero-order valence-electron chi connectivity index (χ0n) is 17.3. The summed E-state index contributed by atoms with van der Waals surface area (Å²) < 4.78 is 5.51. The average Bonchev–Trinajstić information content (AvgIpc) is 2.52.